The SMILES string of the molecule is O=[N+]([O-])c1ccccc1CNc1ccc2nccnc2n1. The lowest BCUT2D eigenvalue weighted by molar-refractivity contribution is -0.385. The van der Waals surface area contributed by atoms with Crippen LogP contribution < -0.4 is 5.32 Å². The number of anilines is 1. The molecule has 0 saturated heterocycles. The molecule has 0 radical (unpaired) electrons. The van der Waals surface area contributed by atoms with Gasteiger partial charge in [-0.15, -0.1) is 0 Å². The second-order valence-electron chi connectivity index (χ2n) is 4.33. The summed E-state index contributed by atoms with van der Waals surface area (Å²) in [5.74, 6) is 0.598. The van der Waals surface area contributed by atoms with Crippen molar-refractivity contribution in [3.8, 4) is 0 Å². The molecule has 2 aromatic heterocycles. The highest BCUT2D eigenvalue weighted by molar-refractivity contribution is 5.71. The standard InChI is InChI=1S/C14H11N5O2/c20-19(21)12-4-2-1-3-10(12)9-17-13-6-5-11-14(18-13)16-8-7-15-11/h1-8H,9H2,(H,16,17,18). The van der Waals surface area contributed by atoms with Crippen molar-refractivity contribution in [2.75, 3.05) is 5.32 Å². The summed E-state index contributed by atoms with van der Waals surface area (Å²) in [5.41, 5.74) is 1.92. The van der Waals surface area contributed by atoms with Gasteiger partial charge < -0.3 is 5.32 Å². The summed E-state index contributed by atoms with van der Waals surface area (Å²) in [5, 5.41) is 14.0. The van der Waals surface area contributed by atoms with Crippen LogP contribution in [-0.2, 0) is 6.54 Å². The lowest BCUT2D eigenvalue weighted by atomic mass is 10.2. The zero-order valence-corrected chi connectivity index (χ0v) is 10.9. The lowest BCUT2D eigenvalue weighted by Gasteiger charge is -2.06. The van der Waals surface area contributed by atoms with E-state index in [0.717, 1.165) is 0 Å². The Bertz CT molecular complexity index is 806. The van der Waals surface area contributed by atoms with Crippen LogP contribution in [-0.4, -0.2) is 19.9 Å². The molecular formula is C14H11N5O2. The molecule has 104 valence electrons. The van der Waals surface area contributed by atoms with Crippen molar-refractivity contribution in [2.45, 2.75) is 6.54 Å². The van der Waals surface area contributed by atoms with E-state index in [1.165, 1.54) is 6.07 Å². The van der Waals surface area contributed by atoms with Crippen molar-refractivity contribution in [1.82, 2.24) is 15.0 Å². The molecule has 0 fully saturated rings. The van der Waals surface area contributed by atoms with Crippen LogP contribution in [0.15, 0.2) is 48.8 Å². The molecule has 0 bridgehead atoms. The molecule has 0 aliphatic rings. The van der Waals surface area contributed by atoms with E-state index >= 15 is 0 Å². The average Bonchev–Trinajstić information content (AvgIpc) is 2.53. The van der Waals surface area contributed by atoms with Gasteiger partial charge in [0, 0.05) is 30.6 Å². The number of fused-ring (bicyclic) bond motifs is 1. The molecule has 7 heteroatoms. The van der Waals surface area contributed by atoms with Crippen molar-refractivity contribution in [2.24, 2.45) is 0 Å². The highest BCUT2D eigenvalue weighted by Crippen LogP contribution is 2.19. The molecule has 0 spiro atoms. The van der Waals surface area contributed by atoms with Crippen LogP contribution >= 0.6 is 0 Å². The Hall–Kier alpha value is -3.09. The van der Waals surface area contributed by atoms with E-state index in [4.69, 9.17) is 0 Å². The van der Waals surface area contributed by atoms with E-state index in [2.05, 4.69) is 20.3 Å². The fourth-order valence-electron chi connectivity index (χ4n) is 1.98. The average molecular weight is 281 g/mol. The molecule has 3 rings (SSSR count). The zero-order valence-electron chi connectivity index (χ0n) is 10.9. The predicted octanol–water partition coefficient (Wildman–Crippen LogP) is 2.55. The van der Waals surface area contributed by atoms with E-state index in [1.807, 2.05) is 0 Å². The van der Waals surface area contributed by atoms with Crippen LogP contribution in [0.4, 0.5) is 11.5 Å². The van der Waals surface area contributed by atoms with Crippen LogP contribution in [0.3, 0.4) is 0 Å². The molecule has 2 heterocycles. The molecule has 1 aromatic carbocycles. The molecule has 3 aromatic rings. The Kier molecular flexibility index (Phi) is 3.38. The Labute approximate surface area is 119 Å². The summed E-state index contributed by atoms with van der Waals surface area (Å²) in [7, 11) is 0. The molecule has 0 aliphatic heterocycles. The number of nitrogens with one attached hydrogen (secondary N) is 1. The van der Waals surface area contributed by atoms with Gasteiger partial charge in [0.25, 0.3) is 5.69 Å². The largest absolute Gasteiger partial charge is 0.366 e. The minimum Gasteiger partial charge on any atom is -0.366 e. The predicted molar refractivity (Wildman–Crippen MR) is 77.8 cm³/mol. The number of hydrogen-bond acceptors (Lipinski definition) is 6. The molecular weight excluding hydrogens is 270 g/mol. The van der Waals surface area contributed by atoms with E-state index in [1.54, 1.807) is 42.7 Å². The summed E-state index contributed by atoms with van der Waals surface area (Å²) < 4.78 is 0. The molecule has 0 aliphatic carbocycles. The topological polar surface area (TPSA) is 93.8 Å². The molecule has 21 heavy (non-hydrogen) atoms. The molecule has 0 saturated carbocycles. The molecule has 7 nitrogen and oxygen atoms in total. The van der Waals surface area contributed by atoms with Crippen LogP contribution in [0, 0.1) is 10.1 Å². The summed E-state index contributed by atoms with van der Waals surface area (Å²) in [6.07, 6.45) is 3.17. The van der Waals surface area contributed by atoms with Crippen LogP contribution in [0.1, 0.15) is 5.56 Å². The summed E-state index contributed by atoms with van der Waals surface area (Å²) in [6.45, 7) is 0.315. The number of benzene rings is 1. The first kappa shape index (κ1) is 12.9. The quantitative estimate of drug-likeness (QED) is 0.583. The first-order chi connectivity index (χ1) is 10.2. The van der Waals surface area contributed by atoms with Gasteiger partial charge in [-0.05, 0) is 12.1 Å². The summed E-state index contributed by atoms with van der Waals surface area (Å²) in [6, 6.07) is 10.2. The van der Waals surface area contributed by atoms with Gasteiger partial charge in [0.15, 0.2) is 5.65 Å². The van der Waals surface area contributed by atoms with Crippen LogP contribution in [0.2, 0.25) is 0 Å². The molecule has 1 N–H and O–H groups in total. The van der Waals surface area contributed by atoms with Gasteiger partial charge in [-0.2, -0.15) is 0 Å². The Morgan fingerprint density at radius 3 is 2.76 bits per heavy atom. The van der Waals surface area contributed by atoms with E-state index in [-0.39, 0.29) is 5.69 Å². The molecule has 0 amide bonds. The normalized spacial score (nSPS) is 10.5. The second-order valence-corrected chi connectivity index (χ2v) is 4.33. The van der Waals surface area contributed by atoms with Crippen molar-refractivity contribution in [1.29, 1.82) is 0 Å². The smallest absolute Gasteiger partial charge is 0.274 e. The van der Waals surface area contributed by atoms with E-state index in [9.17, 15) is 10.1 Å². The highest BCUT2D eigenvalue weighted by Gasteiger charge is 2.11. The Morgan fingerprint density at radius 1 is 1.10 bits per heavy atom. The Balaban J connectivity index is 1.82. The van der Waals surface area contributed by atoms with Gasteiger partial charge in [0.1, 0.15) is 11.3 Å². The van der Waals surface area contributed by atoms with Crippen molar-refractivity contribution < 1.29 is 4.92 Å². The zero-order chi connectivity index (χ0) is 14.7. The first-order valence-corrected chi connectivity index (χ1v) is 6.28. The van der Waals surface area contributed by atoms with Gasteiger partial charge in [-0.1, -0.05) is 18.2 Å². The van der Waals surface area contributed by atoms with Gasteiger partial charge in [-0.3, -0.25) is 15.1 Å². The maximum atomic E-state index is 11.0. The number of pyridine rings is 1. The third kappa shape index (κ3) is 2.76. The number of rotatable bonds is 4. The van der Waals surface area contributed by atoms with Gasteiger partial charge in [0.05, 0.1) is 4.92 Å². The van der Waals surface area contributed by atoms with Crippen LogP contribution in [0.5, 0.6) is 0 Å². The van der Waals surface area contributed by atoms with E-state index < -0.39 is 4.92 Å². The van der Waals surface area contributed by atoms with Crippen molar-refractivity contribution >= 4 is 22.7 Å². The summed E-state index contributed by atoms with van der Waals surface area (Å²) >= 11 is 0. The third-order valence-corrected chi connectivity index (χ3v) is 2.98. The second kappa shape index (κ2) is 5.49. The maximum Gasteiger partial charge on any atom is 0.274 e. The molecule has 0 atom stereocenters. The number of hydrogen-bond donors (Lipinski definition) is 1. The maximum absolute atomic E-state index is 11.0. The minimum atomic E-state index is -0.393. The van der Waals surface area contributed by atoms with E-state index in [0.29, 0.717) is 29.1 Å². The number of nitrogens with zero attached hydrogens (tertiary/aromatic N) is 4. The fraction of sp³-hybridized carbons (Fsp3) is 0.0714. The minimum absolute atomic E-state index is 0.0885. The van der Waals surface area contributed by atoms with Gasteiger partial charge in [-0.25, -0.2) is 9.97 Å². The first-order valence-electron chi connectivity index (χ1n) is 6.28. The Morgan fingerprint density at radius 2 is 1.90 bits per heavy atom. The number of aromatic nitrogens is 3. The van der Waals surface area contributed by atoms with Crippen LogP contribution in [0.25, 0.3) is 11.2 Å². The molecule has 0 unspecified atom stereocenters. The highest BCUT2D eigenvalue weighted by atomic mass is 16.6. The fourth-order valence-corrected chi connectivity index (χ4v) is 1.98. The number of para-hydroxylation sites is 1. The lowest BCUT2D eigenvalue weighted by Crippen LogP contribution is -2.04. The van der Waals surface area contributed by atoms with Gasteiger partial charge in [0.2, 0.25) is 0 Å². The van der Waals surface area contributed by atoms with Gasteiger partial charge >= 0.3 is 0 Å². The van der Waals surface area contributed by atoms with Crippen molar-refractivity contribution in [3.63, 3.8) is 0 Å². The monoisotopic (exact) mass is 281 g/mol. The number of nitro groups is 1. The third-order valence-electron chi connectivity index (χ3n) is 2.98. The van der Waals surface area contributed by atoms with Crippen molar-refractivity contribution in [3.05, 3.63) is 64.5 Å². The number of nitro benzene ring substituents is 1. The summed E-state index contributed by atoms with van der Waals surface area (Å²) in [4.78, 5) is 23.1.